The molecule has 6 heteroatoms. The number of para-hydroxylation sites is 1. The molecule has 0 fully saturated rings. The van der Waals surface area contributed by atoms with Crippen LogP contribution in [0.15, 0.2) is 30.3 Å². The van der Waals surface area contributed by atoms with Gasteiger partial charge in [-0.25, -0.2) is 0 Å². The first kappa shape index (κ1) is 13.9. The fourth-order valence-corrected chi connectivity index (χ4v) is 1.18. The molecular formula is C8H12NNaO3S. The summed E-state index contributed by atoms with van der Waals surface area (Å²) in [7, 11) is -0.788. The zero-order valence-electron chi connectivity index (χ0n) is 7.47. The third-order valence-electron chi connectivity index (χ3n) is 1.39. The van der Waals surface area contributed by atoms with Crippen LogP contribution in [0.2, 0.25) is 0 Å². The fourth-order valence-electron chi connectivity index (χ4n) is 0.672. The molecule has 0 unspecified atom stereocenters. The van der Waals surface area contributed by atoms with Crippen molar-refractivity contribution >= 4 is 39.9 Å². The summed E-state index contributed by atoms with van der Waals surface area (Å²) in [6.45, 7) is 0. The van der Waals surface area contributed by atoms with E-state index in [1.54, 1.807) is 30.3 Å². The maximum atomic E-state index is 11.2. The number of benzene rings is 1. The van der Waals surface area contributed by atoms with E-state index in [4.69, 9.17) is 4.18 Å². The van der Waals surface area contributed by atoms with E-state index in [1.807, 2.05) is 0 Å². The number of nitrogens with zero attached hydrogens (tertiary/aromatic N) is 1. The maximum absolute atomic E-state index is 11.2. The SMILES string of the molecule is CN(C)S(=O)(=O)Oc1ccccc1.[NaH]. The predicted octanol–water partition coefficient (Wildman–Crippen LogP) is 0.223. The molecule has 0 amide bonds. The van der Waals surface area contributed by atoms with Crippen LogP contribution in [0.3, 0.4) is 0 Å². The summed E-state index contributed by atoms with van der Waals surface area (Å²) in [5.74, 6) is 0.316. The molecule has 0 heterocycles. The summed E-state index contributed by atoms with van der Waals surface area (Å²) in [5.41, 5.74) is 0. The molecule has 0 aliphatic heterocycles. The third-order valence-corrected chi connectivity index (χ3v) is 2.69. The summed E-state index contributed by atoms with van der Waals surface area (Å²) in [4.78, 5) is 0. The topological polar surface area (TPSA) is 46.6 Å². The summed E-state index contributed by atoms with van der Waals surface area (Å²) < 4.78 is 28.2. The van der Waals surface area contributed by atoms with Crippen LogP contribution in [-0.2, 0) is 10.3 Å². The molecule has 0 radical (unpaired) electrons. The zero-order valence-corrected chi connectivity index (χ0v) is 8.28. The molecule has 4 nitrogen and oxygen atoms in total. The van der Waals surface area contributed by atoms with E-state index in [9.17, 15) is 8.42 Å². The number of hydrogen-bond donors (Lipinski definition) is 0. The van der Waals surface area contributed by atoms with Gasteiger partial charge in [-0.2, -0.15) is 12.7 Å². The van der Waals surface area contributed by atoms with E-state index < -0.39 is 10.3 Å². The first-order valence-electron chi connectivity index (χ1n) is 3.69. The van der Waals surface area contributed by atoms with Crippen molar-refractivity contribution in [2.75, 3.05) is 14.1 Å². The fraction of sp³-hybridized carbons (Fsp3) is 0.250. The quantitative estimate of drug-likeness (QED) is 0.691. The first-order valence-corrected chi connectivity index (χ1v) is 5.06. The Balaban J connectivity index is 0.00000169. The van der Waals surface area contributed by atoms with Crippen LogP contribution in [0.25, 0.3) is 0 Å². The zero-order chi connectivity index (χ0) is 9.90. The molecule has 0 N–H and O–H groups in total. The van der Waals surface area contributed by atoms with Crippen LogP contribution >= 0.6 is 0 Å². The summed E-state index contributed by atoms with van der Waals surface area (Å²) in [6.07, 6.45) is 0. The molecule has 0 spiro atoms. The van der Waals surface area contributed by atoms with Crippen LogP contribution in [0.4, 0.5) is 0 Å². The minimum absolute atomic E-state index is 0. The molecule has 0 saturated carbocycles. The minimum atomic E-state index is -3.62. The molecular weight excluding hydrogens is 213 g/mol. The summed E-state index contributed by atoms with van der Waals surface area (Å²) >= 11 is 0. The second kappa shape index (κ2) is 5.72. The number of hydrogen-bond acceptors (Lipinski definition) is 3. The van der Waals surface area contributed by atoms with Gasteiger partial charge in [-0.05, 0) is 12.1 Å². The van der Waals surface area contributed by atoms with Crippen molar-refractivity contribution in [2.45, 2.75) is 0 Å². The van der Waals surface area contributed by atoms with Gasteiger partial charge in [0.1, 0.15) is 5.75 Å². The van der Waals surface area contributed by atoms with Crippen LogP contribution in [0.1, 0.15) is 0 Å². The second-order valence-electron chi connectivity index (χ2n) is 2.64. The normalized spacial score (nSPS) is 10.8. The Morgan fingerprint density at radius 3 is 2.07 bits per heavy atom. The van der Waals surface area contributed by atoms with Gasteiger partial charge in [-0.15, -0.1) is 0 Å². The van der Waals surface area contributed by atoms with Crippen molar-refractivity contribution in [1.82, 2.24) is 4.31 Å². The van der Waals surface area contributed by atoms with Crippen molar-refractivity contribution in [3.63, 3.8) is 0 Å². The number of rotatable bonds is 3. The van der Waals surface area contributed by atoms with Crippen LogP contribution in [-0.4, -0.2) is 56.4 Å². The van der Waals surface area contributed by atoms with Gasteiger partial charge in [0.15, 0.2) is 0 Å². The monoisotopic (exact) mass is 225 g/mol. The Morgan fingerprint density at radius 2 is 1.64 bits per heavy atom. The summed E-state index contributed by atoms with van der Waals surface area (Å²) in [6, 6.07) is 8.37. The van der Waals surface area contributed by atoms with Gasteiger partial charge in [0.25, 0.3) is 0 Å². The first-order chi connectivity index (χ1) is 6.02. The van der Waals surface area contributed by atoms with Gasteiger partial charge in [-0.3, -0.25) is 0 Å². The van der Waals surface area contributed by atoms with Gasteiger partial charge in [0.2, 0.25) is 0 Å². The van der Waals surface area contributed by atoms with Gasteiger partial charge in [0.05, 0.1) is 0 Å². The molecule has 1 aromatic rings. The van der Waals surface area contributed by atoms with Crippen molar-refractivity contribution in [3.8, 4) is 5.75 Å². The Hall–Kier alpha value is -0.0700. The molecule has 1 rings (SSSR count). The second-order valence-corrected chi connectivity index (χ2v) is 4.39. The van der Waals surface area contributed by atoms with Gasteiger partial charge >= 0.3 is 39.9 Å². The van der Waals surface area contributed by atoms with Crippen LogP contribution in [0.5, 0.6) is 5.75 Å². The van der Waals surface area contributed by atoms with Crippen molar-refractivity contribution < 1.29 is 12.6 Å². The van der Waals surface area contributed by atoms with Crippen LogP contribution < -0.4 is 4.18 Å². The van der Waals surface area contributed by atoms with Crippen LogP contribution in [0, 0.1) is 0 Å². The van der Waals surface area contributed by atoms with E-state index in [0.29, 0.717) is 5.75 Å². The Kier molecular flexibility index (Phi) is 5.70. The van der Waals surface area contributed by atoms with E-state index in [0.717, 1.165) is 4.31 Å². The average molecular weight is 225 g/mol. The van der Waals surface area contributed by atoms with Crippen molar-refractivity contribution in [3.05, 3.63) is 30.3 Å². The molecule has 0 bridgehead atoms. The standard InChI is InChI=1S/C8H11NO3S.Na.H/c1-9(2)13(10,11)12-8-6-4-3-5-7-8;;/h3-7H,1-2H3;;. The molecule has 0 aliphatic rings. The van der Waals surface area contributed by atoms with E-state index in [2.05, 4.69) is 0 Å². The molecule has 0 atom stereocenters. The molecule has 0 saturated heterocycles. The Bertz CT molecular complexity index is 363. The van der Waals surface area contributed by atoms with Gasteiger partial charge in [-0.1, -0.05) is 18.2 Å². The van der Waals surface area contributed by atoms with Gasteiger partial charge in [0, 0.05) is 14.1 Å². The Morgan fingerprint density at radius 1 is 1.14 bits per heavy atom. The van der Waals surface area contributed by atoms with Crippen molar-refractivity contribution in [1.29, 1.82) is 0 Å². The molecule has 0 aromatic heterocycles. The summed E-state index contributed by atoms with van der Waals surface area (Å²) in [5, 5.41) is 0. The molecule has 74 valence electrons. The van der Waals surface area contributed by atoms with E-state index in [1.165, 1.54) is 14.1 Å². The van der Waals surface area contributed by atoms with E-state index >= 15 is 0 Å². The molecule has 0 aliphatic carbocycles. The Labute approximate surface area is 106 Å². The van der Waals surface area contributed by atoms with E-state index in [-0.39, 0.29) is 29.6 Å². The van der Waals surface area contributed by atoms with Gasteiger partial charge < -0.3 is 4.18 Å². The molecule has 14 heavy (non-hydrogen) atoms. The predicted molar refractivity (Wildman–Crippen MR) is 56.8 cm³/mol. The average Bonchev–Trinajstić information content (AvgIpc) is 2.05. The molecule has 1 aromatic carbocycles. The van der Waals surface area contributed by atoms with Crippen molar-refractivity contribution in [2.24, 2.45) is 0 Å². The third kappa shape index (κ3) is 3.98.